The molecular weight excluding hydrogens is 232 g/mol. The first-order valence-corrected chi connectivity index (χ1v) is 5.66. The van der Waals surface area contributed by atoms with E-state index in [9.17, 15) is 4.79 Å². The van der Waals surface area contributed by atoms with Crippen LogP contribution in [-0.4, -0.2) is 17.7 Å². The highest BCUT2D eigenvalue weighted by molar-refractivity contribution is 6.02. The maximum Gasteiger partial charge on any atom is 0.294 e. The molecule has 0 bridgehead atoms. The van der Waals surface area contributed by atoms with E-state index in [-0.39, 0.29) is 11.7 Å². The summed E-state index contributed by atoms with van der Waals surface area (Å²) in [5, 5.41) is 6.37. The van der Waals surface area contributed by atoms with Gasteiger partial charge >= 0.3 is 0 Å². The van der Waals surface area contributed by atoms with Gasteiger partial charge in [0.25, 0.3) is 5.91 Å². The highest BCUT2D eigenvalue weighted by atomic mass is 16.5. The average Bonchev–Trinajstić information content (AvgIpc) is 2.79. The predicted molar refractivity (Wildman–Crippen MR) is 66.8 cm³/mol. The van der Waals surface area contributed by atoms with Gasteiger partial charge < -0.3 is 14.6 Å². The molecule has 0 aliphatic rings. The molecule has 5 nitrogen and oxygen atoms in total. The van der Waals surface area contributed by atoms with Crippen LogP contribution in [0.1, 0.15) is 23.2 Å². The first-order chi connectivity index (χ1) is 8.69. The topological polar surface area (TPSA) is 64.4 Å². The summed E-state index contributed by atoms with van der Waals surface area (Å²) in [4.78, 5) is 11.8. The van der Waals surface area contributed by atoms with Crippen LogP contribution in [0, 0.1) is 6.92 Å². The molecule has 1 amide bonds. The van der Waals surface area contributed by atoms with Gasteiger partial charge in [0.05, 0.1) is 12.3 Å². The van der Waals surface area contributed by atoms with Gasteiger partial charge in [0.15, 0.2) is 0 Å². The van der Waals surface area contributed by atoms with Gasteiger partial charge in [-0.05, 0) is 38.1 Å². The summed E-state index contributed by atoms with van der Waals surface area (Å²) >= 11 is 0. The van der Waals surface area contributed by atoms with E-state index in [1.165, 1.54) is 0 Å². The summed E-state index contributed by atoms with van der Waals surface area (Å²) in [7, 11) is 0. The number of aryl methyl sites for hydroxylation is 1. The molecule has 1 heterocycles. The summed E-state index contributed by atoms with van der Waals surface area (Å²) in [5.74, 6) is 0.646. The Labute approximate surface area is 105 Å². The number of aromatic nitrogens is 1. The zero-order valence-corrected chi connectivity index (χ0v) is 10.3. The molecule has 0 saturated carbocycles. The van der Waals surface area contributed by atoms with Crippen molar-refractivity contribution >= 4 is 11.6 Å². The fourth-order valence-corrected chi connectivity index (χ4v) is 1.46. The Kier molecular flexibility index (Phi) is 3.62. The molecule has 0 saturated heterocycles. The van der Waals surface area contributed by atoms with E-state index in [2.05, 4.69) is 10.5 Å². The van der Waals surface area contributed by atoms with Gasteiger partial charge in [-0.25, -0.2) is 0 Å². The molecule has 0 fully saturated rings. The van der Waals surface area contributed by atoms with E-state index < -0.39 is 0 Å². The molecule has 2 rings (SSSR count). The monoisotopic (exact) mass is 246 g/mol. The maximum atomic E-state index is 11.8. The molecule has 1 aromatic heterocycles. The number of nitrogens with zero attached hydrogens (tertiary/aromatic N) is 1. The number of carbonyl (C=O) groups excluding carboxylic acids is 1. The summed E-state index contributed by atoms with van der Waals surface area (Å²) in [6.45, 7) is 4.29. The molecule has 1 aromatic carbocycles. The molecule has 1 N–H and O–H groups in total. The lowest BCUT2D eigenvalue weighted by atomic mass is 10.3. The summed E-state index contributed by atoms with van der Waals surface area (Å²) < 4.78 is 10.2. The van der Waals surface area contributed by atoms with Crippen LogP contribution in [0.5, 0.6) is 5.75 Å². The van der Waals surface area contributed by atoms with Crippen molar-refractivity contribution in [2.75, 3.05) is 11.9 Å². The molecule has 0 aliphatic heterocycles. The highest BCUT2D eigenvalue weighted by Crippen LogP contribution is 2.16. The lowest BCUT2D eigenvalue weighted by molar-refractivity contribution is 0.0988. The van der Waals surface area contributed by atoms with Crippen molar-refractivity contribution in [1.29, 1.82) is 0 Å². The second-order valence-corrected chi connectivity index (χ2v) is 3.74. The lowest BCUT2D eigenvalue weighted by Gasteiger charge is -2.05. The Morgan fingerprint density at radius 3 is 2.67 bits per heavy atom. The third-order valence-electron chi connectivity index (χ3n) is 2.27. The number of anilines is 1. The molecule has 18 heavy (non-hydrogen) atoms. The van der Waals surface area contributed by atoms with Crippen molar-refractivity contribution in [2.45, 2.75) is 13.8 Å². The van der Waals surface area contributed by atoms with Gasteiger partial charge in [0, 0.05) is 11.8 Å². The van der Waals surface area contributed by atoms with E-state index in [0.717, 1.165) is 5.75 Å². The number of benzene rings is 1. The van der Waals surface area contributed by atoms with Crippen molar-refractivity contribution in [3.63, 3.8) is 0 Å². The molecule has 2 aromatic rings. The van der Waals surface area contributed by atoms with Crippen molar-refractivity contribution in [3.8, 4) is 5.75 Å². The number of hydrogen-bond donors (Lipinski definition) is 1. The Hall–Kier alpha value is -2.30. The van der Waals surface area contributed by atoms with Gasteiger partial charge in [0.1, 0.15) is 5.75 Å². The van der Waals surface area contributed by atoms with Gasteiger partial charge in [-0.1, -0.05) is 5.16 Å². The summed E-state index contributed by atoms with van der Waals surface area (Å²) in [6.07, 6.45) is 0. The van der Waals surface area contributed by atoms with Crippen molar-refractivity contribution in [1.82, 2.24) is 5.16 Å². The Balaban J connectivity index is 2.03. The van der Waals surface area contributed by atoms with Gasteiger partial charge in [-0.15, -0.1) is 0 Å². The molecule has 0 atom stereocenters. The van der Waals surface area contributed by atoms with E-state index in [1.807, 2.05) is 6.92 Å². The fourth-order valence-electron chi connectivity index (χ4n) is 1.46. The minimum atomic E-state index is -0.320. The Bertz CT molecular complexity index is 531. The smallest absolute Gasteiger partial charge is 0.294 e. The lowest BCUT2D eigenvalue weighted by Crippen LogP contribution is -2.10. The van der Waals surface area contributed by atoms with Crippen LogP contribution < -0.4 is 10.1 Å². The SMILES string of the molecule is CCOc1ccc(NC(=O)c2cc(C)no2)cc1. The summed E-state index contributed by atoms with van der Waals surface area (Å²) in [6, 6.07) is 8.72. The third-order valence-corrected chi connectivity index (χ3v) is 2.27. The second kappa shape index (κ2) is 5.35. The van der Waals surface area contributed by atoms with Crippen LogP contribution in [0.4, 0.5) is 5.69 Å². The average molecular weight is 246 g/mol. The molecule has 0 unspecified atom stereocenters. The highest BCUT2D eigenvalue weighted by Gasteiger charge is 2.11. The zero-order valence-electron chi connectivity index (χ0n) is 10.3. The van der Waals surface area contributed by atoms with Gasteiger partial charge in [-0.2, -0.15) is 0 Å². The van der Waals surface area contributed by atoms with E-state index in [0.29, 0.717) is 18.0 Å². The number of hydrogen-bond acceptors (Lipinski definition) is 4. The molecule has 5 heteroatoms. The Morgan fingerprint density at radius 2 is 2.11 bits per heavy atom. The van der Waals surface area contributed by atoms with Crippen molar-refractivity contribution < 1.29 is 14.1 Å². The second-order valence-electron chi connectivity index (χ2n) is 3.74. The van der Waals surface area contributed by atoms with Gasteiger partial charge in [-0.3, -0.25) is 4.79 Å². The van der Waals surface area contributed by atoms with Crippen LogP contribution in [0.15, 0.2) is 34.9 Å². The van der Waals surface area contributed by atoms with Crippen molar-refractivity contribution in [3.05, 3.63) is 41.8 Å². The van der Waals surface area contributed by atoms with Gasteiger partial charge in [0.2, 0.25) is 5.76 Å². The first kappa shape index (κ1) is 12.2. The largest absolute Gasteiger partial charge is 0.494 e. The number of carbonyl (C=O) groups is 1. The van der Waals surface area contributed by atoms with E-state index in [1.54, 1.807) is 37.3 Å². The fraction of sp³-hybridized carbons (Fsp3) is 0.231. The predicted octanol–water partition coefficient (Wildman–Crippen LogP) is 2.63. The molecular formula is C13H14N2O3. The normalized spacial score (nSPS) is 10.1. The third kappa shape index (κ3) is 2.88. The minimum Gasteiger partial charge on any atom is -0.494 e. The van der Waals surface area contributed by atoms with E-state index >= 15 is 0 Å². The number of ether oxygens (including phenoxy) is 1. The minimum absolute atomic E-state index is 0.196. The number of nitrogens with one attached hydrogen (secondary N) is 1. The molecule has 0 aliphatic carbocycles. The van der Waals surface area contributed by atoms with Crippen LogP contribution in [0.2, 0.25) is 0 Å². The molecule has 0 spiro atoms. The maximum absolute atomic E-state index is 11.8. The van der Waals surface area contributed by atoms with E-state index in [4.69, 9.17) is 9.26 Å². The van der Waals surface area contributed by atoms with Crippen LogP contribution >= 0.6 is 0 Å². The Morgan fingerprint density at radius 1 is 1.39 bits per heavy atom. The van der Waals surface area contributed by atoms with Crippen molar-refractivity contribution in [2.24, 2.45) is 0 Å². The standard InChI is InChI=1S/C13H14N2O3/c1-3-17-11-6-4-10(5-7-11)14-13(16)12-8-9(2)15-18-12/h4-8H,3H2,1-2H3,(H,14,16). The number of rotatable bonds is 4. The summed E-state index contributed by atoms with van der Waals surface area (Å²) in [5.41, 5.74) is 1.35. The number of amides is 1. The zero-order chi connectivity index (χ0) is 13.0. The van der Waals surface area contributed by atoms with Crippen LogP contribution in [0.3, 0.4) is 0 Å². The quantitative estimate of drug-likeness (QED) is 0.900. The first-order valence-electron chi connectivity index (χ1n) is 5.66. The van der Waals surface area contributed by atoms with Crippen LogP contribution in [-0.2, 0) is 0 Å². The van der Waals surface area contributed by atoms with Crippen LogP contribution in [0.25, 0.3) is 0 Å². The molecule has 94 valence electrons. The molecule has 0 radical (unpaired) electrons.